The van der Waals surface area contributed by atoms with E-state index in [1.165, 1.54) is 92.4 Å². The molecule has 0 saturated carbocycles. The van der Waals surface area contributed by atoms with Gasteiger partial charge in [-0.15, -0.1) is 0 Å². The summed E-state index contributed by atoms with van der Waals surface area (Å²) in [5.74, 6) is 0. The highest BCUT2D eigenvalue weighted by Gasteiger charge is 2.46. The fourth-order valence-electron chi connectivity index (χ4n) is 7.29. The highest BCUT2D eigenvalue weighted by molar-refractivity contribution is 9.10. The standard InChI is InChI=1S/C44H38Br2/c1-3-4-5-6-9-31-16-20-33(21-17-31)35-11-8-13-37(27-35)44(36-12-7-10-34(26-36)32-18-14-30(2)15-19-32)42-28-38(45)22-24-40(42)41-25-23-39(46)29-43(41)44/h7-8,10-29H,3-6,9H2,1-2H3. The molecule has 0 radical (unpaired) electrons. The molecule has 0 N–H and O–H groups in total. The van der Waals surface area contributed by atoms with Crippen LogP contribution in [0, 0.1) is 6.92 Å². The van der Waals surface area contributed by atoms with Gasteiger partial charge in [0.15, 0.2) is 0 Å². The molecule has 0 saturated heterocycles. The van der Waals surface area contributed by atoms with Crippen LogP contribution in [0.4, 0.5) is 0 Å². The van der Waals surface area contributed by atoms with E-state index in [0.717, 1.165) is 15.4 Å². The van der Waals surface area contributed by atoms with Gasteiger partial charge in [-0.05, 0) is 117 Å². The fourth-order valence-corrected chi connectivity index (χ4v) is 8.01. The van der Waals surface area contributed by atoms with Crippen molar-refractivity contribution in [1.29, 1.82) is 0 Å². The van der Waals surface area contributed by atoms with E-state index in [4.69, 9.17) is 0 Å². The number of hydrogen-bond donors (Lipinski definition) is 0. The lowest BCUT2D eigenvalue weighted by Crippen LogP contribution is -2.28. The van der Waals surface area contributed by atoms with Crippen molar-refractivity contribution in [2.75, 3.05) is 0 Å². The Morgan fingerprint density at radius 2 is 1.02 bits per heavy atom. The molecule has 6 aromatic rings. The predicted octanol–water partition coefficient (Wildman–Crippen LogP) is 13.3. The Balaban J connectivity index is 1.42. The Morgan fingerprint density at radius 3 is 1.54 bits per heavy atom. The van der Waals surface area contributed by atoms with Gasteiger partial charge in [-0.2, -0.15) is 0 Å². The van der Waals surface area contributed by atoms with E-state index in [0.29, 0.717) is 0 Å². The fraction of sp³-hybridized carbons (Fsp3) is 0.182. The van der Waals surface area contributed by atoms with E-state index in [-0.39, 0.29) is 0 Å². The molecular formula is C44H38Br2. The van der Waals surface area contributed by atoms with E-state index in [2.05, 4.69) is 179 Å². The lowest BCUT2D eigenvalue weighted by molar-refractivity contribution is 0.667. The van der Waals surface area contributed by atoms with Crippen molar-refractivity contribution in [3.8, 4) is 33.4 Å². The van der Waals surface area contributed by atoms with Crippen molar-refractivity contribution in [2.24, 2.45) is 0 Å². The third-order valence-corrected chi connectivity index (χ3v) is 10.6. The first-order valence-corrected chi connectivity index (χ1v) is 18.0. The summed E-state index contributed by atoms with van der Waals surface area (Å²) in [6.07, 6.45) is 6.31. The molecule has 1 aliphatic carbocycles. The zero-order valence-corrected chi connectivity index (χ0v) is 29.7. The molecule has 0 aromatic heterocycles. The van der Waals surface area contributed by atoms with E-state index in [9.17, 15) is 0 Å². The van der Waals surface area contributed by atoms with Crippen LogP contribution in [0.25, 0.3) is 33.4 Å². The number of aryl methyl sites for hydroxylation is 2. The van der Waals surface area contributed by atoms with Crippen LogP contribution in [0.3, 0.4) is 0 Å². The predicted molar refractivity (Wildman–Crippen MR) is 203 cm³/mol. The van der Waals surface area contributed by atoms with Crippen LogP contribution in [0.15, 0.2) is 142 Å². The zero-order chi connectivity index (χ0) is 31.7. The molecule has 2 heteroatoms. The van der Waals surface area contributed by atoms with Crippen molar-refractivity contribution in [2.45, 2.75) is 51.4 Å². The smallest absolute Gasteiger partial charge is 0.0654 e. The van der Waals surface area contributed by atoms with Crippen LogP contribution in [0.5, 0.6) is 0 Å². The average molecular weight is 727 g/mol. The summed E-state index contributed by atoms with van der Waals surface area (Å²) in [6.45, 7) is 4.42. The molecule has 0 unspecified atom stereocenters. The molecule has 0 fully saturated rings. The lowest BCUT2D eigenvalue weighted by atomic mass is 9.67. The first-order valence-electron chi connectivity index (χ1n) is 16.5. The third kappa shape index (κ3) is 5.72. The number of hydrogen-bond acceptors (Lipinski definition) is 0. The third-order valence-electron chi connectivity index (χ3n) is 9.64. The molecule has 0 atom stereocenters. The summed E-state index contributed by atoms with van der Waals surface area (Å²) in [7, 11) is 0. The highest BCUT2D eigenvalue weighted by Crippen LogP contribution is 2.57. The van der Waals surface area contributed by atoms with Gasteiger partial charge in [0, 0.05) is 8.95 Å². The van der Waals surface area contributed by atoms with Crippen LogP contribution >= 0.6 is 31.9 Å². The Hall–Kier alpha value is -3.72. The lowest BCUT2D eigenvalue weighted by Gasteiger charge is -2.34. The molecule has 0 aliphatic heterocycles. The Labute approximate surface area is 290 Å². The molecule has 1 aliphatic rings. The average Bonchev–Trinajstić information content (AvgIpc) is 3.36. The highest BCUT2D eigenvalue weighted by atomic mass is 79.9. The molecule has 7 rings (SSSR count). The van der Waals surface area contributed by atoms with Crippen molar-refractivity contribution >= 4 is 31.9 Å². The normalized spacial score (nSPS) is 13.0. The van der Waals surface area contributed by atoms with Crippen LogP contribution < -0.4 is 0 Å². The maximum atomic E-state index is 3.85. The molecule has 0 amide bonds. The first kappa shape index (κ1) is 30.9. The molecular weight excluding hydrogens is 688 g/mol. The minimum absolute atomic E-state index is 0.506. The molecule has 228 valence electrons. The van der Waals surface area contributed by atoms with E-state index < -0.39 is 5.41 Å². The van der Waals surface area contributed by atoms with E-state index in [1.807, 2.05) is 0 Å². The maximum Gasteiger partial charge on any atom is 0.0714 e. The summed E-state index contributed by atoms with van der Waals surface area (Å²) in [6, 6.07) is 50.1. The molecule has 0 nitrogen and oxygen atoms in total. The van der Waals surface area contributed by atoms with Gasteiger partial charge in [0.05, 0.1) is 5.41 Å². The van der Waals surface area contributed by atoms with Gasteiger partial charge in [0.1, 0.15) is 0 Å². The topological polar surface area (TPSA) is 0 Å². The van der Waals surface area contributed by atoms with E-state index >= 15 is 0 Å². The van der Waals surface area contributed by atoms with Crippen LogP contribution in [-0.2, 0) is 11.8 Å². The van der Waals surface area contributed by atoms with Gasteiger partial charge in [-0.25, -0.2) is 0 Å². The minimum atomic E-state index is -0.506. The van der Waals surface area contributed by atoms with Crippen molar-refractivity contribution in [1.82, 2.24) is 0 Å². The SMILES string of the molecule is CCCCCCc1ccc(-c2cccc(C3(c4cccc(-c5ccc(C)cc5)c4)c4cc(Br)ccc4-c4ccc(Br)cc43)c2)cc1. The Kier molecular flexibility index (Phi) is 8.86. The van der Waals surface area contributed by atoms with Crippen molar-refractivity contribution in [3.05, 3.63) is 176 Å². The summed E-state index contributed by atoms with van der Waals surface area (Å²) in [4.78, 5) is 0. The van der Waals surface area contributed by atoms with Gasteiger partial charge >= 0.3 is 0 Å². The molecule has 46 heavy (non-hydrogen) atoms. The van der Waals surface area contributed by atoms with Crippen LogP contribution in [0.2, 0.25) is 0 Å². The van der Waals surface area contributed by atoms with Crippen molar-refractivity contribution in [3.63, 3.8) is 0 Å². The second-order valence-corrected chi connectivity index (χ2v) is 14.5. The number of fused-ring (bicyclic) bond motifs is 3. The number of benzene rings is 6. The zero-order valence-electron chi connectivity index (χ0n) is 26.5. The quantitative estimate of drug-likeness (QED) is 0.130. The van der Waals surface area contributed by atoms with Gasteiger partial charge in [-0.1, -0.05) is 161 Å². The second kappa shape index (κ2) is 13.2. The van der Waals surface area contributed by atoms with Gasteiger partial charge in [0.2, 0.25) is 0 Å². The number of unbranched alkanes of at least 4 members (excludes halogenated alkanes) is 3. The Morgan fingerprint density at radius 1 is 0.500 bits per heavy atom. The summed E-state index contributed by atoms with van der Waals surface area (Å²) < 4.78 is 2.17. The molecule has 0 spiro atoms. The van der Waals surface area contributed by atoms with E-state index in [1.54, 1.807) is 0 Å². The number of rotatable bonds is 9. The second-order valence-electron chi connectivity index (χ2n) is 12.7. The minimum Gasteiger partial charge on any atom is -0.0654 e. The largest absolute Gasteiger partial charge is 0.0714 e. The van der Waals surface area contributed by atoms with Crippen molar-refractivity contribution < 1.29 is 0 Å². The maximum absolute atomic E-state index is 3.85. The van der Waals surface area contributed by atoms with Gasteiger partial charge in [-0.3, -0.25) is 0 Å². The summed E-state index contributed by atoms with van der Waals surface area (Å²) in [5, 5.41) is 0. The number of halogens is 2. The summed E-state index contributed by atoms with van der Waals surface area (Å²) in [5.41, 5.74) is 14.8. The van der Waals surface area contributed by atoms with Crippen LogP contribution in [0.1, 0.15) is 66.0 Å². The van der Waals surface area contributed by atoms with Gasteiger partial charge < -0.3 is 0 Å². The van der Waals surface area contributed by atoms with Crippen LogP contribution in [-0.4, -0.2) is 0 Å². The first-order chi connectivity index (χ1) is 22.5. The van der Waals surface area contributed by atoms with Gasteiger partial charge in [0.25, 0.3) is 0 Å². The summed E-state index contributed by atoms with van der Waals surface area (Å²) >= 11 is 7.71. The molecule has 0 heterocycles. The molecule has 6 aromatic carbocycles. The molecule has 0 bridgehead atoms. The Bertz CT molecular complexity index is 1950. The monoisotopic (exact) mass is 724 g/mol.